The first-order valence-electron chi connectivity index (χ1n) is 9.62. The maximum Gasteiger partial charge on any atom is 0.418 e. The van der Waals surface area contributed by atoms with Crippen LogP contribution in [0.15, 0.2) is 53.4 Å². The fraction of sp³-hybridized carbons (Fsp3) is 0.381. The first kappa shape index (κ1) is 22.3. The standard InChI is InChI=1S/C21H23F3N2O3S/c1-15-10-12-26(13-11-15)30(28,29)17-8-6-16(7-9-17)20(27)14-25-19-5-3-2-4-18(19)21(22,23)24/h2-9,15,25H,10-14H2,1H3. The van der Waals surface area contributed by atoms with Gasteiger partial charge in [-0.3, -0.25) is 4.79 Å². The Balaban J connectivity index is 1.68. The van der Waals surface area contributed by atoms with Crippen LogP contribution in [0.3, 0.4) is 0 Å². The fourth-order valence-electron chi connectivity index (χ4n) is 3.35. The van der Waals surface area contributed by atoms with E-state index in [4.69, 9.17) is 0 Å². The summed E-state index contributed by atoms with van der Waals surface area (Å²) >= 11 is 0. The van der Waals surface area contributed by atoms with E-state index in [9.17, 15) is 26.4 Å². The number of sulfonamides is 1. The van der Waals surface area contributed by atoms with Gasteiger partial charge in [0.1, 0.15) is 0 Å². The summed E-state index contributed by atoms with van der Waals surface area (Å²) in [6.07, 6.45) is -2.92. The summed E-state index contributed by atoms with van der Waals surface area (Å²) in [5, 5.41) is 2.52. The molecule has 0 radical (unpaired) electrons. The molecule has 2 aromatic carbocycles. The molecule has 1 saturated heterocycles. The first-order chi connectivity index (χ1) is 14.1. The number of rotatable bonds is 6. The Morgan fingerprint density at radius 2 is 1.67 bits per heavy atom. The predicted octanol–water partition coefficient (Wildman–Crippen LogP) is 4.42. The smallest absolute Gasteiger partial charge is 0.377 e. The lowest BCUT2D eigenvalue weighted by Crippen LogP contribution is -2.37. The molecule has 1 aliphatic heterocycles. The Kier molecular flexibility index (Phi) is 6.52. The van der Waals surface area contributed by atoms with Crippen LogP contribution < -0.4 is 5.32 Å². The number of alkyl halides is 3. The van der Waals surface area contributed by atoms with Crippen LogP contribution in [-0.4, -0.2) is 38.1 Å². The number of carbonyl (C=O) groups excluding carboxylic acids is 1. The van der Waals surface area contributed by atoms with Crippen molar-refractivity contribution in [3.8, 4) is 0 Å². The number of para-hydroxylation sites is 1. The third-order valence-corrected chi connectivity index (χ3v) is 7.14. The Morgan fingerprint density at radius 1 is 1.07 bits per heavy atom. The van der Waals surface area contributed by atoms with Crippen molar-refractivity contribution in [3.05, 3.63) is 59.7 Å². The van der Waals surface area contributed by atoms with Gasteiger partial charge in [-0.25, -0.2) is 8.42 Å². The van der Waals surface area contributed by atoms with Crippen LogP contribution in [0.25, 0.3) is 0 Å². The van der Waals surface area contributed by atoms with E-state index in [0.717, 1.165) is 18.9 Å². The summed E-state index contributed by atoms with van der Waals surface area (Å²) in [5.74, 6) is 0.0501. The molecule has 0 bridgehead atoms. The average Bonchev–Trinajstić information content (AvgIpc) is 2.72. The van der Waals surface area contributed by atoms with E-state index in [-0.39, 0.29) is 22.7 Å². The summed E-state index contributed by atoms with van der Waals surface area (Å²) in [4.78, 5) is 12.5. The van der Waals surface area contributed by atoms with E-state index in [1.807, 2.05) is 0 Å². The van der Waals surface area contributed by atoms with Crippen LogP contribution in [0.5, 0.6) is 0 Å². The highest BCUT2D eigenvalue weighted by molar-refractivity contribution is 7.89. The highest BCUT2D eigenvalue weighted by Gasteiger charge is 2.33. The van der Waals surface area contributed by atoms with Gasteiger partial charge in [-0.1, -0.05) is 19.1 Å². The number of piperidine rings is 1. The molecular weight excluding hydrogens is 417 g/mol. The fourth-order valence-corrected chi connectivity index (χ4v) is 4.82. The molecule has 30 heavy (non-hydrogen) atoms. The average molecular weight is 440 g/mol. The maximum atomic E-state index is 13.0. The molecule has 9 heteroatoms. The van der Waals surface area contributed by atoms with Gasteiger partial charge in [0.25, 0.3) is 0 Å². The number of anilines is 1. The van der Waals surface area contributed by atoms with Crippen molar-refractivity contribution in [1.29, 1.82) is 0 Å². The number of benzene rings is 2. The van der Waals surface area contributed by atoms with Gasteiger partial charge < -0.3 is 5.32 Å². The van der Waals surface area contributed by atoms with Crippen molar-refractivity contribution in [1.82, 2.24) is 4.31 Å². The molecule has 162 valence electrons. The van der Waals surface area contributed by atoms with Crippen LogP contribution in [0.4, 0.5) is 18.9 Å². The molecule has 1 N–H and O–H groups in total. The molecule has 1 aliphatic rings. The SMILES string of the molecule is CC1CCN(S(=O)(=O)c2ccc(C(=O)CNc3ccccc3C(F)(F)F)cc2)CC1. The highest BCUT2D eigenvalue weighted by Crippen LogP contribution is 2.34. The number of nitrogens with one attached hydrogen (secondary N) is 1. The zero-order valence-corrected chi connectivity index (χ0v) is 17.3. The summed E-state index contributed by atoms with van der Waals surface area (Å²) in [6.45, 7) is 2.67. The largest absolute Gasteiger partial charge is 0.418 e. The van der Waals surface area contributed by atoms with Crippen molar-refractivity contribution < 1.29 is 26.4 Å². The van der Waals surface area contributed by atoms with E-state index in [1.165, 1.54) is 46.8 Å². The Bertz CT molecular complexity index is 997. The number of carbonyl (C=O) groups is 1. The number of ketones is 1. The lowest BCUT2D eigenvalue weighted by molar-refractivity contribution is -0.136. The molecule has 0 unspecified atom stereocenters. The lowest BCUT2D eigenvalue weighted by atomic mass is 10.0. The highest BCUT2D eigenvalue weighted by atomic mass is 32.2. The number of Topliss-reactive ketones (excluding diaryl/α,β-unsaturated/α-hetero) is 1. The lowest BCUT2D eigenvalue weighted by Gasteiger charge is -2.29. The van der Waals surface area contributed by atoms with Crippen molar-refractivity contribution >= 4 is 21.5 Å². The van der Waals surface area contributed by atoms with Crippen LogP contribution in [-0.2, 0) is 16.2 Å². The molecule has 1 heterocycles. The van der Waals surface area contributed by atoms with Crippen LogP contribution in [0, 0.1) is 5.92 Å². The molecule has 0 amide bonds. The number of halogens is 3. The summed E-state index contributed by atoms with van der Waals surface area (Å²) in [5.41, 5.74) is -0.815. The molecule has 1 fully saturated rings. The zero-order valence-electron chi connectivity index (χ0n) is 16.4. The predicted molar refractivity (Wildman–Crippen MR) is 108 cm³/mol. The van der Waals surface area contributed by atoms with Gasteiger partial charge in [0.05, 0.1) is 17.0 Å². The van der Waals surface area contributed by atoms with Crippen molar-refractivity contribution in [2.24, 2.45) is 5.92 Å². The van der Waals surface area contributed by atoms with Crippen LogP contribution >= 0.6 is 0 Å². The van der Waals surface area contributed by atoms with Gasteiger partial charge >= 0.3 is 6.18 Å². The number of hydrogen-bond donors (Lipinski definition) is 1. The van der Waals surface area contributed by atoms with E-state index in [0.29, 0.717) is 19.0 Å². The van der Waals surface area contributed by atoms with E-state index >= 15 is 0 Å². The molecule has 0 spiro atoms. The Hall–Kier alpha value is -2.39. The topological polar surface area (TPSA) is 66.5 Å². The van der Waals surface area contributed by atoms with Gasteiger partial charge in [-0.2, -0.15) is 17.5 Å². The molecule has 0 atom stereocenters. The molecule has 5 nitrogen and oxygen atoms in total. The van der Waals surface area contributed by atoms with Gasteiger partial charge in [0.15, 0.2) is 5.78 Å². The molecular formula is C21H23F3N2O3S. The van der Waals surface area contributed by atoms with E-state index in [2.05, 4.69) is 12.2 Å². The second-order valence-corrected chi connectivity index (χ2v) is 9.37. The Labute approximate surface area is 173 Å². The van der Waals surface area contributed by atoms with Gasteiger partial charge in [0, 0.05) is 24.3 Å². The minimum Gasteiger partial charge on any atom is -0.377 e. The minimum absolute atomic E-state index is 0.101. The monoisotopic (exact) mass is 440 g/mol. The second-order valence-electron chi connectivity index (χ2n) is 7.43. The molecule has 0 saturated carbocycles. The molecule has 0 aromatic heterocycles. The zero-order chi connectivity index (χ0) is 21.9. The molecule has 2 aromatic rings. The van der Waals surface area contributed by atoms with Crippen molar-refractivity contribution in [2.45, 2.75) is 30.8 Å². The van der Waals surface area contributed by atoms with Crippen LogP contribution in [0.1, 0.15) is 35.7 Å². The molecule has 3 rings (SSSR count). The van der Waals surface area contributed by atoms with Crippen molar-refractivity contribution in [2.75, 3.05) is 25.0 Å². The number of hydrogen-bond acceptors (Lipinski definition) is 4. The summed E-state index contributed by atoms with van der Waals surface area (Å²) in [6, 6.07) is 10.4. The second kappa shape index (κ2) is 8.77. The van der Waals surface area contributed by atoms with Gasteiger partial charge in [-0.15, -0.1) is 0 Å². The minimum atomic E-state index is -4.53. The summed E-state index contributed by atoms with van der Waals surface area (Å²) < 4.78 is 66.0. The third-order valence-electron chi connectivity index (χ3n) is 5.23. The van der Waals surface area contributed by atoms with Gasteiger partial charge in [0.2, 0.25) is 10.0 Å². The van der Waals surface area contributed by atoms with Crippen LogP contribution in [0.2, 0.25) is 0 Å². The quantitative estimate of drug-likeness (QED) is 0.676. The van der Waals surface area contributed by atoms with Crippen molar-refractivity contribution in [3.63, 3.8) is 0 Å². The van der Waals surface area contributed by atoms with E-state index < -0.39 is 27.5 Å². The van der Waals surface area contributed by atoms with E-state index in [1.54, 1.807) is 0 Å². The normalized spacial score (nSPS) is 16.4. The molecule has 0 aliphatic carbocycles. The Morgan fingerprint density at radius 3 is 2.27 bits per heavy atom. The van der Waals surface area contributed by atoms with Gasteiger partial charge in [-0.05, 0) is 55.2 Å². The third kappa shape index (κ3) is 5.02. The summed E-state index contributed by atoms with van der Waals surface area (Å²) in [7, 11) is -3.62. The first-order valence-corrected chi connectivity index (χ1v) is 11.1. The maximum absolute atomic E-state index is 13.0. The number of nitrogens with zero attached hydrogens (tertiary/aromatic N) is 1.